The molecule has 23 heavy (non-hydrogen) atoms. The number of fused-ring (bicyclic) bond motifs is 1. The molecular weight excluding hydrogens is 316 g/mol. The van der Waals surface area contributed by atoms with Gasteiger partial charge in [0.1, 0.15) is 0 Å². The predicted molar refractivity (Wildman–Crippen MR) is 90.5 cm³/mol. The van der Waals surface area contributed by atoms with Crippen molar-refractivity contribution in [3.63, 3.8) is 0 Å². The first-order chi connectivity index (χ1) is 10.6. The molecule has 0 spiro atoms. The summed E-state index contributed by atoms with van der Waals surface area (Å²) in [5, 5.41) is 28.1. The molecule has 5 nitrogen and oxygen atoms in total. The number of carbonyl (C=O) groups is 1. The Bertz CT molecular complexity index is 600. The number of nitrogens with two attached hydrogens (primary N) is 1. The standard InChI is InChI=1S/C16H23BClNO4/c1-16(2,19)12-8-11-10(7-13(12)18)6-9(14(11)15(20)21)4-3-5-17(22)23/h7-9,14,22-23H,3-6,19H2,1-2H3,(H,20,21)/t9-,14-/m0/s1. The zero-order valence-corrected chi connectivity index (χ0v) is 14.2. The van der Waals surface area contributed by atoms with E-state index >= 15 is 0 Å². The van der Waals surface area contributed by atoms with Gasteiger partial charge in [0.2, 0.25) is 0 Å². The van der Waals surface area contributed by atoms with E-state index in [-0.39, 0.29) is 12.2 Å². The van der Waals surface area contributed by atoms with Gasteiger partial charge in [0.15, 0.2) is 0 Å². The molecule has 2 rings (SSSR count). The fraction of sp³-hybridized carbons (Fsp3) is 0.562. The van der Waals surface area contributed by atoms with Crippen molar-refractivity contribution in [3.8, 4) is 0 Å². The highest BCUT2D eigenvalue weighted by Crippen LogP contribution is 2.44. The Morgan fingerprint density at radius 2 is 2.09 bits per heavy atom. The van der Waals surface area contributed by atoms with Crippen LogP contribution in [-0.4, -0.2) is 28.2 Å². The summed E-state index contributed by atoms with van der Waals surface area (Å²) in [4.78, 5) is 11.8. The second-order valence-corrected chi connectivity index (χ2v) is 7.35. The number of halogens is 1. The van der Waals surface area contributed by atoms with Crippen LogP contribution in [0, 0.1) is 5.92 Å². The number of carboxylic acids is 1. The molecule has 0 unspecified atom stereocenters. The van der Waals surface area contributed by atoms with Gasteiger partial charge in [-0.05, 0) is 61.7 Å². The predicted octanol–water partition coefficient (Wildman–Crippen LogP) is 2.13. The number of aliphatic carboxylic acids is 1. The van der Waals surface area contributed by atoms with Crippen LogP contribution in [0.2, 0.25) is 11.3 Å². The molecular formula is C16H23BClNO4. The van der Waals surface area contributed by atoms with E-state index in [0.717, 1.165) is 16.7 Å². The van der Waals surface area contributed by atoms with Crippen LogP contribution in [0.4, 0.5) is 0 Å². The van der Waals surface area contributed by atoms with E-state index < -0.39 is 24.5 Å². The van der Waals surface area contributed by atoms with Gasteiger partial charge in [-0.3, -0.25) is 4.79 Å². The number of carboxylic acid groups (broad SMARTS) is 1. The van der Waals surface area contributed by atoms with Crippen LogP contribution in [0.5, 0.6) is 0 Å². The van der Waals surface area contributed by atoms with Crippen LogP contribution in [0.25, 0.3) is 0 Å². The third kappa shape index (κ3) is 4.07. The number of hydrogen-bond acceptors (Lipinski definition) is 4. The Morgan fingerprint density at radius 1 is 1.43 bits per heavy atom. The van der Waals surface area contributed by atoms with Crippen molar-refractivity contribution < 1.29 is 19.9 Å². The summed E-state index contributed by atoms with van der Waals surface area (Å²) in [5.41, 5.74) is 7.97. The highest BCUT2D eigenvalue weighted by molar-refractivity contribution is 6.40. The lowest BCUT2D eigenvalue weighted by molar-refractivity contribution is -0.139. The van der Waals surface area contributed by atoms with Crippen LogP contribution in [0.1, 0.15) is 49.3 Å². The Balaban J connectivity index is 2.31. The maximum Gasteiger partial charge on any atom is 0.451 e. The van der Waals surface area contributed by atoms with Gasteiger partial charge in [0.05, 0.1) is 5.92 Å². The van der Waals surface area contributed by atoms with Gasteiger partial charge in [-0.25, -0.2) is 0 Å². The second kappa shape index (κ2) is 6.81. The molecule has 1 aromatic carbocycles. The average molecular weight is 340 g/mol. The van der Waals surface area contributed by atoms with Crippen LogP contribution in [0.3, 0.4) is 0 Å². The molecule has 5 N–H and O–H groups in total. The molecule has 0 radical (unpaired) electrons. The maximum absolute atomic E-state index is 11.8. The molecule has 0 fully saturated rings. The lowest BCUT2D eigenvalue weighted by Gasteiger charge is -2.23. The molecule has 2 atom stereocenters. The minimum Gasteiger partial charge on any atom is -0.481 e. The molecule has 7 heteroatoms. The summed E-state index contributed by atoms with van der Waals surface area (Å²) in [6.07, 6.45) is 2.09. The van der Waals surface area contributed by atoms with Crippen molar-refractivity contribution in [2.24, 2.45) is 11.7 Å². The smallest absolute Gasteiger partial charge is 0.451 e. The van der Waals surface area contributed by atoms with Crippen molar-refractivity contribution in [2.45, 2.75) is 50.9 Å². The van der Waals surface area contributed by atoms with E-state index in [2.05, 4.69) is 0 Å². The number of benzene rings is 1. The molecule has 0 saturated heterocycles. The summed E-state index contributed by atoms with van der Waals surface area (Å²) >= 11 is 6.32. The topological polar surface area (TPSA) is 104 Å². The third-order valence-electron chi connectivity index (χ3n) is 4.51. The second-order valence-electron chi connectivity index (χ2n) is 6.94. The van der Waals surface area contributed by atoms with Gasteiger partial charge in [-0.15, -0.1) is 0 Å². The maximum atomic E-state index is 11.8. The highest BCUT2D eigenvalue weighted by atomic mass is 35.5. The lowest BCUT2D eigenvalue weighted by atomic mass is 9.80. The molecule has 0 aliphatic heterocycles. The van der Waals surface area contributed by atoms with Crippen LogP contribution in [0.15, 0.2) is 12.1 Å². The number of rotatable bonds is 6. The molecule has 1 aliphatic carbocycles. The summed E-state index contributed by atoms with van der Waals surface area (Å²) in [6, 6.07) is 3.66. The van der Waals surface area contributed by atoms with Crippen LogP contribution >= 0.6 is 11.6 Å². The largest absolute Gasteiger partial charge is 0.481 e. The molecule has 1 aliphatic rings. The van der Waals surface area contributed by atoms with Crippen molar-refractivity contribution in [2.75, 3.05) is 0 Å². The normalized spacial score (nSPS) is 20.4. The first kappa shape index (κ1) is 18.3. The molecule has 1 aromatic rings. The van der Waals surface area contributed by atoms with Crippen molar-refractivity contribution in [3.05, 3.63) is 33.8 Å². The van der Waals surface area contributed by atoms with Gasteiger partial charge < -0.3 is 20.9 Å². The van der Waals surface area contributed by atoms with Crippen molar-refractivity contribution in [1.29, 1.82) is 0 Å². The van der Waals surface area contributed by atoms with Gasteiger partial charge in [-0.1, -0.05) is 24.1 Å². The fourth-order valence-electron chi connectivity index (χ4n) is 3.41. The SMILES string of the molecule is CC(C)(N)c1cc2c(cc1Cl)C[C@H](CCCB(O)O)[C@@H]2C(=O)O. The van der Waals surface area contributed by atoms with Gasteiger partial charge >= 0.3 is 13.1 Å². The van der Waals surface area contributed by atoms with E-state index in [1.165, 1.54) is 0 Å². The Morgan fingerprint density at radius 3 is 2.61 bits per heavy atom. The van der Waals surface area contributed by atoms with E-state index in [1.54, 1.807) is 0 Å². The van der Waals surface area contributed by atoms with E-state index in [1.807, 2.05) is 26.0 Å². The summed E-state index contributed by atoms with van der Waals surface area (Å²) < 4.78 is 0. The van der Waals surface area contributed by atoms with E-state index in [0.29, 0.717) is 24.3 Å². The average Bonchev–Trinajstić information content (AvgIpc) is 2.73. The zero-order chi connectivity index (χ0) is 17.4. The summed E-state index contributed by atoms with van der Waals surface area (Å²) in [6.45, 7) is 3.68. The molecule has 0 bridgehead atoms. The van der Waals surface area contributed by atoms with Gasteiger partial charge in [0, 0.05) is 10.6 Å². The van der Waals surface area contributed by atoms with Crippen molar-refractivity contribution >= 4 is 24.7 Å². The molecule has 126 valence electrons. The molecule has 0 heterocycles. The van der Waals surface area contributed by atoms with Gasteiger partial charge in [0.25, 0.3) is 0 Å². The van der Waals surface area contributed by atoms with E-state index in [9.17, 15) is 9.90 Å². The summed E-state index contributed by atoms with van der Waals surface area (Å²) in [5.74, 6) is -1.52. The fourth-order valence-corrected chi connectivity index (χ4v) is 3.84. The third-order valence-corrected chi connectivity index (χ3v) is 4.83. The van der Waals surface area contributed by atoms with Crippen molar-refractivity contribution in [1.82, 2.24) is 0 Å². The van der Waals surface area contributed by atoms with Gasteiger partial charge in [-0.2, -0.15) is 0 Å². The zero-order valence-electron chi connectivity index (χ0n) is 13.4. The van der Waals surface area contributed by atoms with Crippen LogP contribution in [-0.2, 0) is 16.8 Å². The Kier molecular flexibility index (Phi) is 5.41. The van der Waals surface area contributed by atoms with Crippen LogP contribution < -0.4 is 5.73 Å². The first-order valence-corrected chi connectivity index (χ1v) is 8.19. The number of hydrogen-bond donors (Lipinski definition) is 4. The molecule has 0 saturated carbocycles. The first-order valence-electron chi connectivity index (χ1n) is 7.82. The Labute approximate surface area is 141 Å². The molecule has 0 aromatic heterocycles. The van der Waals surface area contributed by atoms with E-state index in [4.69, 9.17) is 27.4 Å². The highest BCUT2D eigenvalue weighted by Gasteiger charge is 2.38. The molecule has 0 amide bonds. The minimum atomic E-state index is -1.35. The minimum absolute atomic E-state index is 0.0616. The monoisotopic (exact) mass is 339 g/mol. The lowest BCUT2D eigenvalue weighted by Crippen LogP contribution is -2.29. The summed E-state index contributed by atoms with van der Waals surface area (Å²) in [7, 11) is -1.35. The Hall–Kier alpha value is -1.08. The quantitative estimate of drug-likeness (QED) is 0.594.